The van der Waals surface area contributed by atoms with Crippen LogP contribution in [0.2, 0.25) is 0 Å². The molecule has 1 fully saturated rings. The van der Waals surface area contributed by atoms with Crippen molar-refractivity contribution >= 4 is 11.9 Å². The number of amides is 1. The number of alkyl halides is 3. The van der Waals surface area contributed by atoms with Gasteiger partial charge in [-0.3, -0.25) is 4.79 Å². The summed E-state index contributed by atoms with van der Waals surface area (Å²) in [6.45, 7) is -0.378. The number of carbonyl (C=O) groups excluding carboxylic acids is 1. The number of halogens is 3. The van der Waals surface area contributed by atoms with Gasteiger partial charge in [-0.2, -0.15) is 13.2 Å². The summed E-state index contributed by atoms with van der Waals surface area (Å²) in [5.74, 6) is -1.90. The molecule has 2 atom stereocenters. The highest BCUT2D eigenvalue weighted by atomic mass is 19.4. The highest BCUT2D eigenvalue weighted by Gasteiger charge is 2.34. The Morgan fingerprint density at radius 2 is 2.16 bits per heavy atom. The maximum atomic E-state index is 11.9. The van der Waals surface area contributed by atoms with Gasteiger partial charge < -0.3 is 19.5 Å². The van der Waals surface area contributed by atoms with E-state index in [-0.39, 0.29) is 19.7 Å². The molecular weight excluding hydrogens is 271 g/mol. The summed E-state index contributed by atoms with van der Waals surface area (Å²) < 4.78 is 45.1. The number of rotatable bonds is 4. The van der Waals surface area contributed by atoms with Crippen LogP contribution in [0.25, 0.3) is 0 Å². The molecule has 0 aromatic rings. The van der Waals surface area contributed by atoms with Gasteiger partial charge in [0.25, 0.3) is 5.91 Å². The molecule has 1 heterocycles. The van der Waals surface area contributed by atoms with Crippen molar-refractivity contribution in [2.75, 3.05) is 26.3 Å². The topological polar surface area (TPSA) is 76.1 Å². The fourth-order valence-corrected chi connectivity index (χ4v) is 1.55. The first-order valence-electron chi connectivity index (χ1n) is 5.52. The molecule has 1 aliphatic heterocycles. The third-order valence-corrected chi connectivity index (χ3v) is 2.50. The number of ether oxygens (including phenoxy) is 2. The van der Waals surface area contributed by atoms with Gasteiger partial charge in [-0.1, -0.05) is 0 Å². The number of hydrogen-bond acceptors (Lipinski definition) is 4. The minimum absolute atomic E-state index is 0.0225. The molecule has 1 saturated heterocycles. The van der Waals surface area contributed by atoms with E-state index in [4.69, 9.17) is 9.84 Å². The van der Waals surface area contributed by atoms with Gasteiger partial charge in [0.2, 0.25) is 0 Å². The molecule has 1 rings (SSSR count). The zero-order valence-electron chi connectivity index (χ0n) is 10.1. The number of carboxylic acid groups (broad SMARTS) is 1. The van der Waals surface area contributed by atoms with Crippen LogP contribution in [0.3, 0.4) is 0 Å². The molecule has 1 amide bonds. The first kappa shape index (κ1) is 15.7. The number of morpholine rings is 1. The Kier molecular flexibility index (Phi) is 5.12. The maximum absolute atomic E-state index is 11.9. The van der Waals surface area contributed by atoms with Gasteiger partial charge in [-0.15, -0.1) is 0 Å². The molecule has 110 valence electrons. The van der Waals surface area contributed by atoms with Gasteiger partial charge in [0.15, 0.2) is 6.10 Å². The van der Waals surface area contributed by atoms with Crippen LogP contribution in [0.5, 0.6) is 0 Å². The summed E-state index contributed by atoms with van der Waals surface area (Å²) in [5.41, 5.74) is 0. The smallest absolute Gasteiger partial charge is 0.411 e. The van der Waals surface area contributed by atoms with E-state index >= 15 is 0 Å². The molecule has 0 aromatic heterocycles. The lowest BCUT2D eigenvalue weighted by Crippen LogP contribution is -2.51. The highest BCUT2D eigenvalue weighted by Crippen LogP contribution is 2.16. The monoisotopic (exact) mass is 285 g/mol. The van der Waals surface area contributed by atoms with E-state index in [2.05, 4.69) is 4.74 Å². The van der Waals surface area contributed by atoms with Crippen LogP contribution < -0.4 is 0 Å². The number of nitrogens with zero attached hydrogens (tertiary/aromatic N) is 1. The van der Waals surface area contributed by atoms with E-state index in [1.54, 1.807) is 0 Å². The van der Waals surface area contributed by atoms with Gasteiger partial charge in [-0.25, -0.2) is 4.79 Å². The average Bonchev–Trinajstić information content (AvgIpc) is 2.34. The molecule has 0 bridgehead atoms. The second-order valence-corrected chi connectivity index (χ2v) is 4.05. The van der Waals surface area contributed by atoms with Crippen LogP contribution in [-0.4, -0.2) is 66.6 Å². The summed E-state index contributed by atoms with van der Waals surface area (Å²) in [7, 11) is 0. The molecule has 19 heavy (non-hydrogen) atoms. The van der Waals surface area contributed by atoms with Crippen LogP contribution in [0, 0.1) is 0 Å². The van der Waals surface area contributed by atoms with Crippen LogP contribution in [0.1, 0.15) is 6.92 Å². The lowest BCUT2D eigenvalue weighted by atomic mass is 10.2. The zero-order valence-corrected chi connectivity index (χ0v) is 10.1. The maximum Gasteiger partial charge on any atom is 0.411 e. The van der Waals surface area contributed by atoms with E-state index in [0.717, 1.165) is 4.90 Å². The fraction of sp³-hybridized carbons (Fsp3) is 0.800. The number of hydrogen-bond donors (Lipinski definition) is 1. The van der Waals surface area contributed by atoms with Gasteiger partial charge in [-0.05, 0) is 6.92 Å². The first-order valence-corrected chi connectivity index (χ1v) is 5.52. The molecule has 1 aliphatic rings. The van der Waals surface area contributed by atoms with E-state index in [9.17, 15) is 22.8 Å². The average molecular weight is 285 g/mol. The lowest BCUT2D eigenvalue weighted by Gasteiger charge is -2.32. The third kappa shape index (κ3) is 5.03. The van der Waals surface area contributed by atoms with Gasteiger partial charge >= 0.3 is 12.1 Å². The van der Waals surface area contributed by atoms with Crippen molar-refractivity contribution < 1.29 is 37.3 Å². The normalized spacial score (nSPS) is 22.1. The van der Waals surface area contributed by atoms with Crippen molar-refractivity contribution in [3.8, 4) is 0 Å². The van der Waals surface area contributed by atoms with Crippen LogP contribution in [-0.2, 0) is 19.1 Å². The predicted octanol–water partition coefficient (Wildman–Crippen LogP) is 0.266. The highest BCUT2D eigenvalue weighted by molar-refractivity contribution is 5.82. The quantitative estimate of drug-likeness (QED) is 0.802. The molecule has 0 spiro atoms. The van der Waals surface area contributed by atoms with Crippen LogP contribution in [0.15, 0.2) is 0 Å². The minimum Gasteiger partial charge on any atom is -0.479 e. The molecule has 1 N–H and O–H groups in total. The summed E-state index contributed by atoms with van der Waals surface area (Å²) in [6, 6.07) is 0. The molecule has 0 aliphatic carbocycles. The number of carboxylic acids is 1. The van der Waals surface area contributed by atoms with Crippen molar-refractivity contribution in [3.05, 3.63) is 0 Å². The molecule has 0 saturated carbocycles. The van der Waals surface area contributed by atoms with Crippen LogP contribution >= 0.6 is 0 Å². The Bertz CT molecular complexity index is 347. The molecule has 6 nitrogen and oxygen atoms in total. The number of carbonyl (C=O) groups is 2. The second-order valence-electron chi connectivity index (χ2n) is 4.05. The Morgan fingerprint density at radius 1 is 1.53 bits per heavy atom. The Labute approximate surface area is 107 Å². The number of aliphatic carboxylic acids is 1. The Morgan fingerprint density at radius 3 is 2.68 bits per heavy atom. The van der Waals surface area contributed by atoms with Gasteiger partial charge in [0.1, 0.15) is 12.7 Å². The fourth-order valence-electron chi connectivity index (χ4n) is 1.55. The van der Waals surface area contributed by atoms with Gasteiger partial charge in [0.05, 0.1) is 13.2 Å². The van der Waals surface area contributed by atoms with Crippen molar-refractivity contribution in [1.82, 2.24) is 4.90 Å². The first-order chi connectivity index (χ1) is 8.70. The predicted molar refractivity (Wildman–Crippen MR) is 55.4 cm³/mol. The van der Waals surface area contributed by atoms with Crippen molar-refractivity contribution in [1.29, 1.82) is 0 Å². The van der Waals surface area contributed by atoms with Crippen molar-refractivity contribution in [2.45, 2.75) is 25.3 Å². The summed E-state index contributed by atoms with van der Waals surface area (Å²) in [5, 5.41) is 8.74. The Hall–Kier alpha value is -1.35. The Balaban J connectivity index is 2.49. The standard InChI is InChI=1S/C10H14F3NO5/c1-6(19-5-10(11,12)13)8(15)14-2-3-18-7(4-14)9(16)17/h6-7H,2-5H2,1H3,(H,16,17)/t6-,7+/m0/s1. The van der Waals surface area contributed by atoms with E-state index < -0.39 is 36.9 Å². The lowest BCUT2D eigenvalue weighted by molar-refractivity contribution is -0.190. The molecule has 0 aromatic carbocycles. The van der Waals surface area contributed by atoms with Crippen LogP contribution in [0.4, 0.5) is 13.2 Å². The SMILES string of the molecule is C[C@H](OCC(F)(F)F)C(=O)N1CCO[C@@H](C(=O)O)C1. The molecule has 9 heteroatoms. The van der Waals surface area contributed by atoms with E-state index in [0.29, 0.717) is 0 Å². The molecular formula is C10H14F3NO5. The largest absolute Gasteiger partial charge is 0.479 e. The van der Waals surface area contributed by atoms with E-state index in [1.165, 1.54) is 6.92 Å². The molecule has 0 unspecified atom stereocenters. The van der Waals surface area contributed by atoms with Crippen molar-refractivity contribution in [2.24, 2.45) is 0 Å². The summed E-state index contributed by atoms with van der Waals surface area (Å²) >= 11 is 0. The molecule has 0 radical (unpaired) electrons. The summed E-state index contributed by atoms with van der Waals surface area (Å²) in [6.07, 6.45) is -6.95. The van der Waals surface area contributed by atoms with Crippen molar-refractivity contribution in [3.63, 3.8) is 0 Å². The second kappa shape index (κ2) is 6.20. The summed E-state index contributed by atoms with van der Waals surface area (Å²) in [4.78, 5) is 23.6. The van der Waals surface area contributed by atoms with E-state index in [1.807, 2.05) is 0 Å². The zero-order chi connectivity index (χ0) is 14.6. The van der Waals surface area contributed by atoms with Gasteiger partial charge in [0, 0.05) is 6.54 Å². The minimum atomic E-state index is -4.51. The third-order valence-electron chi connectivity index (χ3n) is 2.50.